The molecule has 2 aromatic carbocycles. The minimum atomic E-state index is -3.81. The fraction of sp³-hybridized carbons (Fsp3) is 0.500. The van der Waals surface area contributed by atoms with Crippen LogP contribution < -0.4 is 9.62 Å². The van der Waals surface area contributed by atoms with Gasteiger partial charge in [0, 0.05) is 31.6 Å². The number of aryl methyl sites for hydroxylation is 1. The lowest BCUT2D eigenvalue weighted by molar-refractivity contribution is -0.141. The summed E-state index contributed by atoms with van der Waals surface area (Å²) in [5.41, 5.74) is 1.90. The van der Waals surface area contributed by atoms with Gasteiger partial charge in [-0.1, -0.05) is 49.1 Å². The van der Waals surface area contributed by atoms with Gasteiger partial charge >= 0.3 is 0 Å². The highest BCUT2D eigenvalue weighted by Crippen LogP contribution is 2.22. The number of nitrogens with zero attached hydrogens (tertiary/aromatic N) is 2. The topological polar surface area (TPSA) is 86.8 Å². The van der Waals surface area contributed by atoms with Gasteiger partial charge in [0.2, 0.25) is 21.8 Å². The van der Waals surface area contributed by atoms with Crippen LogP contribution in [0.15, 0.2) is 42.5 Å². The lowest BCUT2D eigenvalue weighted by Gasteiger charge is -2.31. The van der Waals surface area contributed by atoms with Gasteiger partial charge in [-0.05, 0) is 50.8 Å². The van der Waals surface area contributed by atoms with Gasteiger partial charge < -0.3 is 10.2 Å². The van der Waals surface area contributed by atoms with Gasteiger partial charge in [-0.3, -0.25) is 13.9 Å². The average Bonchev–Trinajstić information content (AvgIpc) is 2.86. The number of halogens is 2. The van der Waals surface area contributed by atoms with Crippen molar-refractivity contribution < 1.29 is 26.8 Å². The van der Waals surface area contributed by atoms with Crippen LogP contribution in [0, 0.1) is 18.6 Å². The summed E-state index contributed by atoms with van der Waals surface area (Å²) in [5, 5.41) is 3.09. The summed E-state index contributed by atoms with van der Waals surface area (Å²) >= 11 is 0. The molecule has 10 heteroatoms. The monoisotopic (exact) mass is 549 g/mol. The molecule has 0 heterocycles. The van der Waals surface area contributed by atoms with E-state index in [2.05, 4.69) is 5.32 Å². The van der Waals surface area contributed by atoms with Crippen molar-refractivity contribution in [3.63, 3.8) is 0 Å². The second kappa shape index (κ2) is 13.2. The Balaban J connectivity index is 1.72. The fourth-order valence-electron chi connectivity index (χ4n) is 4.80. The van der Waals surface area contributed by atoms with E-state index in [0.717, 1.165) is 65.9 Å². The van der Waals surface area contributed by atoms with Gasteiger partial charge in [0.05, 0.1) is 11.9 Å². The normalized spacial score (nSPS) is 15.1. The number of rotatable bonds is 11. The molecule has 1 fully saturated rings. The van der Waals surface area contributed by atoms with E-state index in [1.165, 1.54) is 11.0 Å². The molecule has 0 saturated heterocycles. The van der Waals surface area contributed by atoms with Crippen LogP contribution in [0.3, 0.4) is 0 Å². The summed E-state index contributed by atoms with van der Waals surface area (Å²) in [7, 11) is -3.81. The predicted octanol–water partition coefficient (Wildman–Crippen LogP) is 4.69. The lowest BCUT2D eigenvalue weighted by atomic mass is 9.95. The molecule has 1 saturated carbocycles. The zero-order chi connectivity index (χ0) is 27.9. The van der Waals surface area contributed by atoms with Gasteiger partial charge in [0.1, 0.15) is 6.04 Å². The number of anilines is 1. The average molecular weight is 550 g/mol. The first-order valence-electron chi connectivity index (χ1n) is 13.0. The molecule has 0 radical (unpaired) electrons. The lowest BCUT2D eigenvalue weighted by Crippen LogP contribution is -2.50. The number of hydrogen-bond acceptors (Lipinski definition) is 4. The van der Waals surface area contributed by atoms with Crippen LogP contribution in [0.25, 0.3) is 0 Å². The first-order chi connectivity index (χ1) is 18.0. The molecule has 1 aliphatic carbocycles. The van der Waals surface area contributed by atoms with E-state index in [1.54, 1.807) is 6.92 Å². The van der Waals surface area contributed by atoms with E-state index in [4.69, 9.17) is 0 Å². The SMILES string of the molecule is Cc1cccc(CN(C(=O)CCCN(c2ccc(F)c(F)c2)S(C)(=O)=O)[C@@H](C)C(=O)NC2CCCCC2)c1. The van der Waals surface area contributed by atoms with Crippen LogP contribution in [0.1, 0.15) is 63.0 Å². The van der Waals surface area contributed by atoms with Gasteiger partial charge in [-0.2, -0.15) is 0 Å². The van der Waals surface area contributed by atoms with E-state index in [-0.39, 0.29) is 49.5 Å². The second-order valence-electron chi connectivity index (χ2n) is 10.1. The third kappa shape index (κ3) is 8.24. The summed E-state index contributed by atoms with van der Waals surface area (Å²) in [6.07, 6.45) is 6.23. The number of carbonyl (C=O) groups is 2. The molecule has 0 bridgehead atoms. The number of benzene rings is 2. The molecule has 7 nitrogen and oxygen atoms in total. The highest BCUT2D eigenvalue weighted by atomic mass is 32.2. The molecule has 0 unspecified atom stereocenters. The smallest absolute Gasteiger partial charge is 0.242 e. The molecule has 0 aliphatic heterocycles. The van der Waals surface area contributed by atoms with Crippen LogP contribution in [0.5, 0.6) is 0 Å². The minimum Gasteiger partial charge on any atom is -0.352 e. The molecule has 2 aromatic rings. The van der Waals surface area contributed by atoms with Crippen LogP contribution >= 0.6 is 0 Å². The van der Waals surface area contributed by atoms with E-state index < -0.39 is 27.7 Å². The van der Waals surface area contributed by atoms with Crippen molar-refractivity contribution >= 4 is 27.5 Å². The first kappa shape index (κ1) is 29.5. The molecule has 0 spiro atoms. The first-order valence-corrected chi connectivity index (χ1v) is 14.9. The third-order valence-corrected chi connectivity index (χ3v) is 8.09. The maximum Gasteiger partial charge on any atom is 0.242 e. The van der Waals surface area contributed by atoms with E-state index in [9.17, 15) is 26.8 Å². The summed E-state index contributed by atoms with van der Waals surface area (Å²) in [6.45, 7) is 3.79. The Hall–Kier alpha value is -3.01. The van der Waals surface area contributed by atoms with Crippen LogP contribution in [-0.2, 0) is 26.2 Å². The Kier molecular flexibility index (Phi) is 10.2. The van der Waals surface area contributed by atoms with Crippen molar-refractivity contribution in [2.45, 2.75) is 77.4 Å². The van der Waals surface area contributed by atoms with E-state index >= 15 is 0 Å². The number of amides is 2. The van der Waals surface area contributed by atoms with Crippen LogP contribution in [0.2, 0.25) is 0 Å². The summed E-state index contributed by atoms with van der Waals surface area (Å²) < 4.78 is 52.8. The summed E-state index contributed by atoms with van der Waals surface area (Å²) in [4.78, 5) is 28.0. The Morgan fingerprint density at radius 2 is 1.76 bits per heavy atom. The molecule has 1 aliphatic rings. The van der Waals surface area contributed by atoms with E-state index in [1.807, 2.05) is 31.2 Å². The van der Waals surface area contributed by atoms with Gasteiger partial charge in [-0.15, -0.1) is 0 Å². The number of carbonyl (C=O) groups excluding carboxylic acids is 2. The highest BCUT2D eigenvalue weighted by Gasteiger charge is 2.28. The fourth-order valence-corrected chi connectivity index (χ4v) is 5.76. The van der Waals surface area contributed by atoms with Crippen LogP contribution in [0.4, 0.5) is 14.5 Å². The van der Waals surface area contributed by atoms with Crippen molar-refractivity contribution in [1.82, 2.24) is 10.2 Å². The minimum absolute atomic E-state index is 0.0179. The van der Waals surface area contributed by atoms with Gasteiger partial charge in [0.15, 0.2) is 11.6 Å². The van der Waals surface area contributed by atoms with Crippen molar-refractivity contribution in [2.75, 3.05) is 17.1 Å². The molecule has 38 heavy (non-hydrogen) atoms. The number of nitrogens with one attached hydrogen (secondary N) is 1. The molecular weight excluding hydrogens is 512 g/mol. The van der Waals surface area contributed by atoms with Crippen LogP contribution in [-0.4, -0.2) is 50.0 Å². The number of sulfonamides is 1. The molecule has 1 N–H and O–H groups in total. The Morgan fingerprint density at radius 3 is 2.39 bits per heavy atom. The zero-order valence-corrected chi connectivity index (χ0v) is 23.1. The molecule has 208 valence electrons. The summed E-state index contributed by atoms with van der Waals surface area (Å²) in [6, 6.07) is 9.95. The van der Waals surface area contributed by atoms with Crippen molar-refractivity contribution in [3.05, 3.63) is 65.2 Å². The van der Waals surface area contributed by atoms with Crippen molar-refractivity contribution in [2.24, 2.45) is 0 Å². The maximum absolute atomic E-state index is 13.8. The Morgan fingerprint density at radius 1 is 1.05 bits per heavy atom. The standard InChI is InChI=1S/C28H37F2N3O4S/c1-20-9-7-10-22(17-20)19-32(21(2)28(35)31-23-11-5-4-6-12-23)27(34)13-8-16-33(38(3,36)37)24-14-15-25(29)26(30)18-24/h7,9-10,14-15,17-18,21,23H,4-6,8,11-13,16,19H2,1-3H3,(H,31,35)/t21-/m0/s1. The largest absolute Gasteiger partial charge is 0.352 e. The van der Waals surface area contributed by atoms with Crippen molar-refractivity contribution in [3.8, 4) is 0 Å². The maximum atomic E-state index is 13.8. The quantitative estimate of drug-likeness (QED) is 0.441. The molecule has 2 amide bonds. The van der Waals surface area contributed by atoms with Crippen molar-refractivity contribution in [1.29, 1.82) is 0 Å². The highest BCUT2D eigenvalue weighted by molar-refractivity contribution is 7.92. The second-order valence-corrected chi connectivity index (χ2v) is 12.0. The third-order valence-electron chi connectivity index (χ3n) is 6.90. The van der Waals surface area contributed by atoms with Gasteiger partial charge in [-0.25, -0.2) is 17.2 Å². The predicted molar refractivity (Wildman–Crippen MR) is 144 cm³/mol. The Labute approximate surface area is 224 Å². The molecular formula is C28H37F2N3O4S. The Bertz CT molecular complexity index is 1230. The summed E-state index contributed by atoms with van der Waals surface area (Å²) in [5.74, 6) is -2.74. The zero-order valence-electron chi connectivity index (χ0n) is 22.3. The van der Waals surface area contributed by atoms with E-state index in [0.29, 0.717) is 0 Å². The molecule has 0 aromatic heterocycles. The molecule has 1 atom stereocenters. The molecule has 3 rings (SSSR count). The number of hydrogen-bond donors (Lipinski definition) is 1. The van der Waals surface area contributed by atoms with Gasteiger partial charge in [0.25, 0.3) is 0 Å².